The Morgan fingerprint density at radius 3 is 2.03 bits per heavy atom. The first-order valence-electron chi connectivity index (χ1n) is 10.2. The summed E-state index contributed by atoms with van der Waals surface area (Å²) in [6.45, 7) is 4.22. The van der Waals surface area contributed by atoms with Crippen LogP contribution in [0.5, 0.6) is 0 Å². The van der Waals surface area contributed by atoms with Gasteiger partial charge in [0.25, 0.3) is 17.4 Å². The van der Waals surface area contributed by atoms with Crippen molar-refractivity contribution in [1.82, 2.24) is 19.6 Å². The maximum atomic E-state index is 13.3. The molecule has 0 spiro atoms. The van der Waals surface area contributed by atoms with Crippen LogP contribution >= 0.6 is 0 Å². The van der Waals surface area contributed by atoms with Crippen molar-refractivity contribution in [2.24, 2.45) is 0 Å². The van der Waals surface area contributed by atoms with E-state index >= 15 is 0 Å². The van der Waals surface area contributed by atoms with Gasteiger partial charge in [-0.1, -0.05) is 43.3 Å². The predicted molar refractivity (Wildman–Crippen MR) is 115 cm³/mol. The van der Waals surface area contributed by atoms with E-state index in [0.717, 1.165) is 6.42 Å². The summed E-state index contributed by atoms with van der Waals surface area (Å²) >= 11 is 0. The first-order chi connectivity index (χ1) is 14.6. The fourth-order valence-corrected chi connectivity index (χ4v) is 3.78. The van der Waals surface area contributed by atoms with Gasteiger partial charge in [0, 0.05) is 43.7 Å². The van der Waals surface area contributed by atoms with Crippen molar-refractivity contribution in [2.75, 3.05) is 26.2 Å². The van der Waals surface area contributed by atoms with Crippen LogP contribution in [-0.2, 0) is 6.54 Å². The lowest BCUT2D eigenvalue weighted by atomic mass is 10.1. The maximum Gasteiger partial charge on any atom is 0.275 e. The number of hydrogen-bond acceptors (Lipinski definition) is 4. The number of fused-ring (bicyclic) bond motifs is 1. The number of benzene rings is 2. The molecular formula is C23H24N4O3. The molecule has 2 amide bonds. The first-order valence-corrected chi connectivity index (χ1v) is 10.2. The molecule has 1 aromatic heterocycles. The maximum absolute atomic E-state index is 13.3. The molecule has 4 rings (SSSR count). The topological polar surface area (TPSA) is 75.5 Å². The molecule has 3 aromatic rings. The molecule has 7 heteroatoms. The molecule has 1 saturated heterocycles. The van der Waals surface area contributed by atoms with Gasteiger partial charge in [0.15, 0.2) is 5.69 Å². The quantitative estimate of drug-likeness (QED) is 0.669. The number of nitrogens with zero attached hydrogens (tertiary/aromatic N) is 4. The largest absolute Gasteiger partial charge is 0.335 e. The van der Waals surface area contributed by atoms with Gasteiger partial charge in [-0.3, -0.25) is 14.4 Å². The van der Waals surface area contributed by atoms with Crippen molar-refractivity contribution in [2.45, 2.75) is 19.9 Å². The molecule has 0 atom stereocenters. The second-order valence-corrected chi connectivity index (χ2v) is 7.37. The molecule has 1 aliphatic heterocycles. The summed E-state index contributed by atoms with van der Waals surface area (Å²) in [4.78, 5) is 42.1. The van der Waals surface area contributed by atoms with E-state index in [4.69, 9.17) is 0 Å². The van der Waals surface area contributed by atoms with Crippen molar-refractivity contribution in [3.63, 3.8) is 0 Å². The molecule has 1 fully saturated rings. The van der Waals surface area contributed by atoms with Crippen LogP contribution in [0.15, 0.2) is 59.4 Å². The molecule has 0 radical (unpaired) electrons. The zero-order valence-corrected chi connectivity index (χ0v) is 17.0. The Morgan fingerprint density at radius 2 is 1.40 bits per heavy atom. The summed E-state index contributed by atoms with van der Waals surface area (Å²) in [6.07, 6.45) is 0.749. The van der Waals surface area contributed by atoms with Crippen LogP contribution in [0.25, 0.3) is 10.8 Å². The van der Waals surface area contributed by atoms with Gasteiger partial charge in [0.2, 0.25) is 0 Å². The van der Waals surface area contributed by atoms with Gasteiger partial charge in [0.1, 0.15) is 0 Å². The molecule has 0 unspecified atom stereocenters. The molecule has 2 aromatic carbocycles. The van der Waals surface area contributed by atoms with E-state index in [1.165, 1.54) is 4.68 Å². The molecule has 1 aliphatic rings. The van der Waals surface area contributed by atoms with E-state index in [-0.39, 0.29) is 17.4 Å². The van der Waals surface area contributed by atoms with Crippen molar-refractivity contribution in [3.05, 3.63) is 76.2 Å². The van der Waals surface area contributed by atoms with Crippen molar-refractivity contribution >= 4 is 22.6 Å². The highest BCUT2D eigenvalue weighted by molar-refractivity contribution is 6.05. The number of piperazine rings is 1. The monoisotopic (exact) mass is 404 g/mol. The molecule has 0 aliphatic carbocycles. The number of aryl methyl sites for hydroxylation is 1. The second kappa shape index (κ2) is 8.49. The van der Waals surface area contributed by atoms with Crippen molar-refractivity contribution < 1.29 is 9.59 Å². The van der Waals surface area contributed by atoms with E-state index in [9.17, 15) is 14.4 Å². The molecule has 0 saturated carbocycles. The number of amides is 2. The van der Waals surface area contributed by atoms with Gasteiger partial charge in [0.05, 0.1) is 5.39 Å². The summed E-state index contributed by atoms with van der Waals surface area (Å²) in [5, 5.41) is 5.47. The van der Waals surface area contributed by atoms with Crippen molar-refractivity contribution in [3.8, 4) is 0 Å². The highest BCUT2D eigenvalue weighted by Crippen LogP contribution is 2.17. The number of carbonyl (C=O) groups is 2. The van der Waals surface area contributed by atoms with E-state index in [2.05, 4.69) is 5.10 Å². The molecule has 0 N–H and O–H groups in total. The summed E-state index contributed by atoms with van der Waals surface area (Å²) in [5.74, 6) is -0.231. The Hall–Kier alpha value is -3.48. The fourth-order valence-electron chi connectivity index (χ4n) is 3.78. The smallest absolute Gasteiger partial charge is 0.275 e. The summed E-state index contributed by atoms with van der Waals surface area (Å²) in [6, 6.07) is 16.3. The van der Waals surface area contributed by atoms with Crippen molar-refractivity contribution in [1.29, 1.82) is 0 Å². The van der Waals surface area contributed by atoms with E-state index in [0.29, 0.717) is 54.8 Å². The normalized spacial score (nSPS) is 14.2. The van der Waals surface area contributed by atoms with Gasteiger partial charge in [-0.05, 0) is 24.6 Å². The average molecular weight is 404 g/mol. The summed E-state index contributed by atoms with van der Waals surface area (Å²) in [7, 11) is 0. The SMILES string of the molecule is CCCn1nc(C(=O)N2CCN(C(=O)c3ccccc3)CC2)c2ccccc2c1=O. The molecule has 30 heavy (non-hydrogen) atoms. The number of aromatic nitrogens is 2. The number of rotatable bonds is 4. The number of carbonyl (C=O) groups excluding carboxylic acids is 2. The standard InChI is InChI=1S/C23H24N4O3/c1-2-12-27-22(29)19-11-7-6-10-18(19)20(24-27)23(30)26-15-13-25(14-16-26)21(28)17-8-4-3-5-9-17/h3-11H,2,12-16H2,1H3. The highest BCUT2D eigenvalue weighted by Gasteiger charge is 2.28. The lowest BCUT2D eigenvalue weighted by Gasteiger charge is -2.34. The van der Waals surface area contributed by atoms with E-state index in [1.807, 2.05) is 25.1 Å². The van der Waals surface area contributed by atoms with E-state index < -0.39 is 0 Å². The van der Waals surface area contributed by atoms with E-state index in [1.54, 1.807) is 46.2 Å². The average Bonchev–Trinajstić information content (AvgIpc) is 2.81. The van der Waals surface area contributed by atoms with Crippen LogP contribution in [0, 0.1) is 0 Å². The minimum atomic E-state index is -0.206. The van der Waals surface area contributed by atoms with Gasteiger partial charge in [-0.2, -0.15) is 5.10 Å². The van der Waals surface area contributed by atoms with Crippen LogP contribution in [0.1, 0.15) is 34.2 Å². The lowest BCUT2D eigenvalue weighted by molar-refractivity contribution is 0.0532. The third-order valence-corrected chi connectivity index (χ3v) is 5.38. The first kappa shape index (κ1) is 19.8. The summed E-state index contributed by atoms with van der Waals surface area (Å²) < 4.78 is 1.38. The van der Waals surface area contributed by atoms with Crippen LogP contribution in [-0.4, -0.2) is 57.6 Å². The Balaban J connectivity index is 1.56. The minimum absolute atomic E-state index is 0.0252. The Labute approximate surface area is 174 Å². The minimum Gasteiger partial charge on any atom is -0.335 e. The van der Waals surface area contributed by atoms with Gasteiger partial charge >= 0.3 is 0 Å². The highest BCUT2D eigenvalue weighted by atomic mass is 16.2. The van der Waals surface area contributed by atoms with Crippen LogP contribution in [0.4, 0.5) is 0 Å². The van der Waals surface area contributed by atoms with Crippen LogP contribution in [0.2, 0.25) is 0 Å². The third kappa shape index (κ3) is 3.70. The third-order valence-electron chi connectivity index (χ3n) is 5.38. The second-order valence-electron chi connectivity index (χ2n) is 7.37. The van der Waals surface area contributed by atoms with Crippen LogP contribution < -0.4 is 5.56 Å². The number of hydrogen-bond donors (Lipinski definition) is 0. The van der Waals surface area contributed by atoms with Gasteiger partial charge in [-0.15, -0.1) is 0 Å². The van der Waals surface area contributed by atoms with Gasteiger partial charge < -0.3 is 9.80 Å². The van der Waals surface area contributed by atoms with Gasteiger partial charge in [-0.25, -0.2) is 4.68 Å². The zero-order chi connectivity index (χ0) is 21.1. The zero-order valence-electron chi connectivity index (χ0n) is 17.0. The molecule has 154 valence electrons. The Kier molecular flexibility index (Phi) is 5.61. The Bertz CT molecular complexity index is 1130. The Morgan fingerprint density at radius 1 is 0.833 bits per heavy atom. The molecular weight excluding hydrogens is 380 g/mol. The predicted octanol–water partition coefficient (Wildman–Crippen LogP) is 2.40. The summed E-state index contributed by atoms with van der Waals surface area (Å²) in [5.41, 5.74) is 0.764. The lowest BCUT2D eigenvalue weighted by Crippen LogP contribution is -2.51. The molecule has 0 bridgehead atoms. The molecule has 2 heterocycles. The van der Waals surface area contributed by atoms with Crippen LogP contribution in [0.3, 0.4) is 0 Å². The fraction of sp³-hybridized carbons (Fsp3) is 0.304. The molecule has 7 nitrogen and oxygen atoms in total.